The van der Waals surface area contributed by atoms with E-state index < -0.39 is 5.60 Å². The lowest BCUT2D eigenvalue weighted by atomic mass is 9.89. The molecule has 0 saturated carbocycles. The zero-order valence-electron chi connectivity index (χ0n) is 14.1. The molecule has 0 radical (unpaired) electrons. The van der Waals surface area contributed by atoms with E-state index >= 15 is 0 Å². The molecule has 0 spiro atoms. The molecule has 3 atom stereocenters. The Morgan fingerprint density at radius 1 is 1.41 bits per heavy atom. The zero-order chi connectivity index (χ0) is 16.3. The van der Waals surface area contributed by atoms with E-state index in [1.165, 1.54) is 0 Å². The zero-order valence-corrected chi connectivity index (χ0v) is 14.1. The van der Waals surface area contributed by atoms with E-state index in [2.05, 4.69) is 18.9 Å². The average Bonchev–Trinajstić information content (AvgIpc) is 2.47. The summed E-state index contributed by atoms with van der Waals surface area (Å²) in [4.78, 5) is 16.8. The summed E-state index contributed by atoms with van der Waals surface area (Å²) in [6, 6.07) is 9.67. The maximum atomic E-state index is 12.6. The third-order valence-electron chi connectivity index (χ3n) is 4.85. The van der Waals surface area contributed by atoms with Crippen LogP contribution in [0.5, 0.6) is 0 Å². The van der Waals surface area contributed by atoms with Gasteiger partial charge in [0.1, 0.15) is 0 Å². The molecule has 22 heavy (non-hydrogen) atoms. The molecule has 3 unspecified atom stereocenters. The summed E-state index contributed by atoms with van der Waals surface area (Å²) in [5.41, 5.74) is -0.338. The van der Waals surface area contributed by atoms with E-state index in [4.69, 9.17) is 0 Å². The topological polar surface area (TPSA) is 43.8 Å². The van der Waals surface area contributed by atoms with Crippen LogP contribution in [-0.4, -0.2) is 54.0 Å². The molecule has 1 heterocycles. The van der Waals surface area contributed by atoms with Gasteiger partial charge in [-0.15, -0.1) is 0 Å². The molecule has 4 heteroatoms. The highest BCUT2D eigenvalue weighted by molar-refractivity contribution is 5.77. The molecular formula is C18H28N2O2. The summed E-state index contributed by atoms with van der Waals surface area (Å²) in [5.74, 6) is 0.463. The van der Waals surface area contributed by atoms with Crippen LogP contribution in [0.3, 0.4) is 0 Å². The molecule has 0 bridgehead atoms. The summed E-state index contributed by atoms with van der Waals surface area (Å²) < 4.78 is 0. The van der Waals surface area contributed by atoms with Gasteiger partial charge in [-0.2, -0.15) is 0 Å². The first-order valence-corrected chi connectivity index (χ1v) is 8.03. The Kier molecular flexibility index (Phi) is 5.24. The molecule has 1 N–H and O–H groups in total. The van der Waals surface area contributed by atoms with E-state index in [1.807, 2.05) is 42.3 Å². The number of hydrogen-bond acceptors (Lipinski definition) is 3. The van der Waals surface area contributed by atoms with Crippen LogP contribution in [0.25, 0.3) is 0 Å². The molecule has 122 valence electrons. The summed E-state index contributed by atoms with van der Waals surface area (Å²) in [5, 5.41) is 10.7. The minimum atomic E-state index is -1.12. The minimum absolute atomic E-state index is 0.00950. The van der Waals surface area contributed by atoms with Crippen molar-refractivity contribution in [1.29, 1.82) is 0 Å². The van der Waals surface area contributed by atoms with E-state index in [9.17, 15) is 9.90 Å². The Morgan fingerprint density at radius 3 is 2.64 bits per heavy atom. The van der Waals surface area contributed by atoms with Gasteiger partial charge in [-0.05, 0) is 38.4 Å². The molecule has 1 aliphatic heterocycles. The van der Waals surface area contributed by atoms with Crippen molar-refractivity contribution < 1.29 is 9.90 Å². The van der Waals surface area contributed by atoms with E-state index in [-0.39, 0.29) is 18.4 Å². The van der Waals surface area contributed by atoms with Crippen molar-refractivity contribution in [1.82, 2.24) is 9.80 Å². The first-order chi connectivity index (χ1) is 10.3. The van der Waals surface area contributed by atoms with Gasteiger partial charge >= 0.3 is 0 Å². The highest BCUT2D eigenvalue weighted by atomic mass is 16.3. The Bertz CT molecular complexity index is 501. The molecule has 1 aliphatic rings. The lowest BCUT2D eigenvalue weighted by Crippen LogP contribution is -2.50. The number of carbonyl (C=O) groups excluding carboxylic acids is 1. The van der Waals surface area contributed by atoms with Crippen molar-refractivity contribution >= 4 is 5.91 Å². The van der Waals surface area contributed by atoms with Crippen LogP contribution in [-0.2, 0) is 10.4 Å². The number of likely N-dealkylation sites (tertiary alicyclic amines) is 1. The van der Waals surface area contributed by atoms with Crippen LogP contribution in [0.15, 0.2) is 30.3 Å². The number of nitrogens with zero attached hydrogens (tertiary/aromatic N) is 2. The van der Waals surface area contributed by atoms with Gasteiger partial charge in [0.15, 0.2) is 0 Å². The van der Waals surface area contributed by atoms with Crippen molar-refractivity contribution in [3.05, 3.63) is 35.9 Å². The first-order valence-electron chi connectivity index (χ1n) is 8.03. The van der Waals surface area contributed by atoms with Crippen LogP contribution in [0, 0.1) is 5.92 Å². The van der Waals surface area contributed by atoms with Gasteiger partial charge < -0.3 is 14.9 Å². The molecule has 0 aliphatic carbocycles. The number of benzene rings is 1. The summed E-state index contributed by atoms with van der Waals surface area (Å²) >= 11 is 0. The van der Waals surface area contributed by atoms with Gasteiger partial charge in [-0.3, -0.25) is 4.79 Å². The predicted molar refractivity (Wildman–Crippen MR) is 88.5 cm³/mol. The Labute approximate surface area is 133 Å². The Morgan fingerprint density at radius 2 is 2.05 bits per heavy atom. The first kappa shape index (κ1) is 17.0. The largest absolute Gasteiger partial charge is 0.385 e. The molecule has 4 nitrogen and oxygen atoms in total. The van der Waals surface area contributed by atoms with Gasteiger partial charge in [0.25, 0.3) is 0 Å². The lowest BCUT2D eigenvalue weighted by Gasteiger charge is -2.40. The maximum Gasteiger partial charge on any atom is 0.225 e. The lowest BCUT2D eigenvalue weighted by molar-refractivity contribution is -0.139. The molecule has 1 amide bonds. The second kappa shape index (κ2) is 6.80. The van der Waals surface area contributed by atoms with E-state index in [0.717, 1.165) is 25.1 Å². The summed E-state index contributed by atoms with van der Waals surface area (Å²) in [6.07, 6.45) is 1.11. The van der Waals surface area contributed by atoms with Crippen LogP contribution in [0.2, 0.25) is 0 Å². The standard InChI is InChI=1S/C18H28N2O2/c1-14-13-19(3)11-10-16(14)20(4)17(21)12-18(2,22)15-8-6-5-7-9-15/h5-9,14,16,22H,10-13H2,1-4H3. The number of carbonyl (C=O) groups is 1. The van der Waals surface area contributed by atoms with Crippen LogP contribution in [0.1, 0.15) is 32.3 Å². The fraction of sp³-hybridized carbons (Fsp3) is 0.611. The Hall–Kier alpha value is -1.39. The molecule has 2 rings (SSSR count). The van der Waals surface area contributed by atoms with Crippen molar-refractivity contribution in [3.8, 4) is 0 Å². The maximum absolute atomic E-state index is 12.6. The smallest absolute Gasteiger partial charge is 0.225 e. The molecule has 1 fully saturated rings. The molecule has 1 aromatic rings. The molecule has 1 aromatic carbocycles. The van der Waals surface area contributed by atoms with Gasteiger partial charge in [-0.25, -0.2) is 0 Å². The second-order valence-corrected chi connectivity index (χ2v) is 6.92. The number of aliphatic hydroxyl groups is 1. The van der Waals surface area contributed by atoms with E-state index in [1.54, 1.807) is 6.92 Å². The van der Waals surface area contributed by atoms with Gasteiger partial charge in [0.2, 0.25) is 5.91 Å². The number of amides is 1. The van der Waals surface area contributed by atoms with Crippen molar-refractivity contribution in [2.45, 2.75) is 38.3 Å². The van der Waals surface area contributed by atoms with Crippen molar-refractivity contribution in [2.24, 2.45) is 5.92 Å². The number of piperidine rings is 1. The summed E-state index contributed by atoms with van der Waals surface area (Å²) in [7, 11) is 3.99. The molecular weight excluding hydrogens is 276 g/mol. The highest BCUT2D eigenvalue weighted by Crippen LogP contribution is 2.27. The fourth-order valence-corrected chi connectivity index (χ4v) is 3.42. The van der Waals surface area contributed by atoms with Gasteiger partial charge in [0.05, 0.1) is 12.0 Å². The number of rotatable bonds is 4. The second-order valence-electron chi connectivity index (χ2n) is 6.92. The van der Waals surface area contributed by atoms with Gasteiger partial charge in [-0.1, -0.05) is 37.3 Å². The third kappa shape index (κ3) is 3.87. The highest BCUT2D eigenvalue weighted by Gasteiger charge is 2.33. The minimum Gasteiger partial charge on any atom is -0.385 e. The van der Waals surface area contributed by atoms with Crippen molar-refractivity contribution in [2.75, 3.05) is 27.2 Å². The van der Waals surface area contributed by atoms with Gasteiger partial charge in [0, 0.05) is 19.6 Å². The predicted octanol–water partition coefficient (Wildman–Crippen LogP) is 2.08. The third-order valence-corrected chi connectivity index (χ3v) is 4.85. The molecule has 1 saturated heterocycles. The van der Waals surface area contributed by atoms with Crippen LogP contribution in [0.4, 0.5) is 0 Å². The molecule has 0 aromatic heterocycles. The van der Waals surface area contributed by atoms with Crippen molar-refractivity contribution in [3.63, 3.8) is 0 Å². The SMILES string of the molecule is CC1CN(C)CCC1N(C)C(=O)CC(C)(O)c1ccccc1. The van der Waals surface area contributed by atoms with Crippen LogP contribution < -0.4 is 0 Å². The number of hydrogen-bond donors (Lipinski definition) is 1. The van der Waals surface area contributed by atoms with E-state index in [0.29, 0.717) is 5.92 Å². The average molecular weight is 304 g/mol. The fourth-order valence-electron chi connectivity index (χ4n) is 3.42. The Balaban J connectivity index is 2.02. The summed E-state index contributed by atoms with van der Waals surface area (Å²) in [6.45, 7) is 5.94. The van der Waals surface area contributed by atoms with Crippen LogP contribution >= 0.6 is 0 Å². The monoisotopic (exact) mass is 304 g/mol. The normalized spacial score (nSPS) is 25.5. The quantitative estimate of drug-likeness (QED) is 0.926.